The van der Waals surface area contributed by atoms with E-state index in [1.807, 2.05) is 38.1 Å². The lowest BCUT2D eigenvalue weighted by Crippen LogP contribution is -2.40. The van der Waals surface area contributed by atoms with Gasteiger partial charge in [0.1, 0.15) is 0 Å². The smallest absolute Gasteiger partial charge is 0.242 e. The molecule has 0 spiro atoms. The molecular formula is C13H20N2O3S. The van der Waals surface area contributed by atoms with Gasteiger partial charge in [-0.1, -0.05) is 12.1 Å². The highest BCUT2D eigenvalue weighted by Gasteiger charge is 2.16. The number of carbonyl (C=O) groups excluding carboxylic acids is 1. The van der Waals surface area contributed by atoms with E-state index in [-0.39, 0.29) is 18.2 Å². The van der Waals surface area contributed by atoms with Crippen molar-refractivity contribution in [2.24, 2.45) is 0 Å². The van der Waals surface area contributed by atoms with E-state index in [1.54, 1.807) is 4.90 Å². The van der Waals surface area contributed by atoms with Crippen LogP contribution in [0.3, 0.4) is 0 Å². The summed E-state index contributed by atoms with van der Waals surface area (Å²) in [7, 11) is -3.34. The number of nitrogens with one attached hydrogen (secondary N) is 1. The van der Waals surface area contributed by atoms with Gasteiger partial charge in [0.05, 0.1) is 12.3 Å². The Morgan fingerprint density at radius 1 is 1.32 bits per heavy atom. The lowest BCUT2D eigenvalue weighted by Gasteiger charge is -2.21. The molecule has 1 amide bonds. The van der Waals surface area contributed by atoms with Crippen LogP contribution in [0.2, 0.25) is 0 Å². The fourth-order valence-corrected chi connectivity index (χ4v) is 2.22. The maximum absolute atomic E-state index is 12.0. The van der Waals surface area contributed by atoms with Crippen LogP contribution in [0.4, 0.5) is 5.69 Å². The molecule has 1 rings (SSSR count). The van der Waals surface area contributed by atoms with Crippen molar-refractivity contribution in [3.63, 3.8) is 0 Å². The predicted molar refractivity (Wildman–Crippen MR) is 76.7 cm³/mol. The Hall–Kier alpha value is -1.40. The number of benzene rings is 1. The number of hydrogen-bond acceptors (Lipinski definition) is 3. The summed E-state index contributed by atoms with van der Waals surface area (Å²) >= 11 is 0. The van der Waals surface area contributed by atoms with Crippen LogP contribution in [0.15, 0.2) is 24.3 Å². The standard InChI is InChI=1S/C13H20N2O3S/c1-4-15(12-8-6-7-11(3)9-12)13(16)10-14-19(17,18)5-2/h6-9,14H,4-5,10H2,1-3H3. The molecule has 1 aromatic rings. The van der Waals surface area contributed by atoms with Crippen LogP contribution in [0.5, 0.6) is 0 Å². The third-order valence-electron chi connectivity index (χ3n) is 2.75. The number of likely N-dealkylation sites (N-methyl/N-ethyl adjacent to an activating group) is 1. The first-order valence-corrected chi connectivity index (χ1v) is 7.89. The Morgan fingerprint density at radius 2 is 2.00 bits per heavy atom. The average Bonchev–Trinajstić information content (AvgIpc) is 2.37. The molecule has 1 N–H and O–H groups in total. The fraction of sp³-hybridized carbons (Fsp3) is 0.462. The van der Waals surface area contributed by atoms with E-state index < -0.39 is 10.0 Å². The number of hydrogen-bond donors (Lipinski definition) is 1. The topological polar surface area (TPSA) is 66.5 Å². The van der Waals surface area contributed by atoms with Crippen molar-refractivity contribution in [3.8, 4) is 0 Å². The zero-order valence-corrected chi connectivity index (χ0v) is 12.3. The average molecular weight is 284 g/mol. The van der Waals surface area contributed by atoms with E-state index in [2.05, 4.69) is 4.72 Å². The number of sulfonamides is 1. The SMILES string of the molecule is CCN(C(=O)CNS(=O)(=O)CC)c1cccc(C)c1. The maximum Gasteiger partial charge on any atom is 0.242 e. The number of carbonyl (C=O) groups is 1. The van der Waals surface area contributed by atoms with E-state index >= 15 is 0 Å². The van der Waals surface area contributed by atoms with Crippen LogP contribution >= 0.6 is 0 Å². The molecule has 106 valence electrons. The summed E-state index contributed by atoms with van der Waals surface area (Å²) in [5, 5.41) is 0. The molecule has 0 heterocycles. The van der Waals surface area contributed by atoms with Crippen LogP contribution in [-0.4, -0.2) is 33.2 Å². The summed E-state index contributed by atoms with van der Waals surface area (Å²) in [6, 6.07) is 7.55. The van der Waals surface area contributed by atoms with Crippen LogP contribution in [0.1, 0.15) is 19.4 Å². The largest absolute Gasteiger partial charge is 0.312 e. The summed E-state index contributed by atoms with van der Waals surface area (Å²) in [5.41, 5.74) is 1.83. The Balaban J connectivity index is 2.78. The first-order chi connectivity index (χ1) is 8.89. The van der Waals surface area contributed by atoms with Gasteiger partial charge < -0.3 is 4.90 Å². The third-order valence-corrected chi connectivity index (χ3v) is 4.10. The highest BCUT2D eigenvalue weighted by Crippen LogP contribution is 2.15. The summed E-state index contributed by atoms with van der Waals surface area (Å²) in [5.74, 6) is -0.290. The molecule has 0 radical (unpaired) electrons. The zero-order valence-electron chi connectivity index (χ0n) is 11.5. The van der Waals surface area contributed by atoms with Crippen LogP contribution in [0, 0.1) is 6.92 Å². The second kappa shape index (κ2) is 6.68. The zero-order chi connectivity index (χ0) is 14.5. The van der Waals surface area contributed by atoms with Gasteiger partial charge in [0, 0.05) is 12.2 Å². The van der Waals surface area contributed by atoms with Gasteiger partial charge in [-0.15, -0.1) is 0 Å². The molecule has 19 heavy (non-hydrogen) atoms. The molecule has 0 bridgehead atoms. The minimum absolute atomic E-state index is 0.0309. The van der Waals surface area contributed by atoms with Crippen LogP contribution in [0.25, 0.3) is 0 Å². The summed E-state index contributed by atoms with van der Waals surface area (Å²) in [6.45, 7) is 5.62. The first-order valence-electron chi connectivity index (χ1n) is 6.24. The maximum atomic E-state index is 12.0. The molecule has 1 aromatic carbocycles. The third kappa shape index (κ3) is 4.65. The quantitative estimate of drug-likeness (QED) is 0.856. The molecule has 0 aromatic heterocycles. The van der Waals surface area contributed by atoms with E-state index in [0.717, 1.165) is 11.3 Å². The number of nitrogens with zero attached hydrogens (tertiary/aromatic N) is 1. The van der Waals surface area contributed by atoms with Crippen molar-refractivity contribution in [2.75, 3.05) is 23.7 Å². The lowest BCUT2D eigenvalue weighted by molar-refractivity contribution is -0.117. The Labute approximate surface area is 114 Å². The molecule has 0 atom stereocenters. The Morgan fingerprint density at radius 3 is 2.53 bits per heavy atom. The number of amides is 1. The van der Waals surface area contributed by atoms with E-state index in [1.165, 1.54) is 6.92 Å². The van der Waals surface area contributed by atoms with Crippen LogP contribution < -0.4 is 9.62 Å². The molecule has 0 aliphatic heterocycles. The fourth-order valence-electron chi connectivity index (χ4n) is 1.67. The highest BCUT2D eigenvalue weighted by molar-refractivity contribution is 7.89. The van der Waals surface area contributed by atoms with E-state index in [0.29, 0.717) is 6.54 Å². The summed E-state index contributed by atoms with van der Waals surface area (Å²) in [4.78, 5) is 13.6. The number of rotatable bonds is 6. The van der Waals surface area contributed by atoms with Crippen molar-refractivity contribution in [1.29, 1.82) is 0 Å². The van der Waals surface area contributed by atoms with Gasteiger partial charge in [-0.2, -0.15) is 0 Å². The normalized spacial score (nSPS) is 11.3. The van der Waals surface area contributed by atoms with Gasteiger partial charge in [-0.3, -0.25) is 4.79 Å². The lowest BCUT2D eigenvalue weighted by atomic mass is 10.2. The van der Waals surface area contributed by atoms with Gasteiger partial charge in [0.25, 0.3) is 0 Å². The van der Waals surface area contributed by atoms with Crippen molar-refractivity contribution in [1.82, 2.24) is 4.72 Å². The molecule has 0 unspecified atom stereocenters. The molecule has 6 heteroatoms. The van der Waals surface area contributed by atoms with Gasteiger partial charge in [0.15, 0.2) is 0 Å². The highest BCUT2D eigenvalue weighted by atomic mass is 32.2. The molecule has 0 saturated carbocycles. The molecular weight excluding hydrogens is 264 g/mol. The van der Waals surface area contributed by atoms with Crippen molar-refractivity contribution in [2.45, 2.75) is 20.8 Å². The minimum Gasteiger partial charge on any atom is -0.312 e. The van der Waals surface area contributed by atoms with Crippen molar-refractivity contribution >= 4 is 21.6 Å². The number of aryl methyl sites for hydroxylation is 1. The Bertz CT molecular complexity index is 541. The van der Waals surface area contributed by atoms with Crippen LogP contribution in [-0.2, 0) is 14.8 Å². The Kier molecular flexibility index (Phi) is 5.50. The van der Waals surface area contributed by atoms with Gasteiger partial charge in [-0.25, -0.2) is 13.1 Å². The number of anilines is 1. The first kappa shape index (κ1) is 15.7. The van der Waals surface area contributed by atoms with Crippen molar-refractivity contribution < 1.29 is 13.2 Å². The van der Waals surface area contributed by atoms with E-state index in [9.17, 15) is 13.2 Å². The monoisotopic (exact) mass is 284 g/mol. The molecule has 0 aliphatic rings. The molecule has 0 fully saturated rings. The predicted octanol–water partition coefficient (Wildman–Crippen LogP) is 1.29. The summed E-state index contributed by atoms with van der Waals surface area (Å²) in [6.07, 6.45) is 0. The minimum atomic E-state index is -3.34. The second-order valence-electron chi connectivity index (χ2n) is 4.20. The van der Waals surface area contributed by atoms with Gasteiger partial charge >= 0.3 is 0 Å². The van der Waals surface area contributed by atoms with E-state index in [4.69, 9.17) is 0 Å². The van der Waals surface area contributed by atoms with Gasteiger partial charge in [0.2, 0.25) is 15.9 Å². The molecule has 0 saturated heterocycles. The van der Waals surface area contributed by atoms with Crippen molar-refractivity contribution in [3.05, 3.63) is 29.8 Å². The molecule has 0 aliphatic carbocycles. The summed E-state index contributed by atoms with van der Waals surface area (Å²) < 4.78 is 24.9. The second-order valence-corrected chi connectivity index (χ2v) is 6.30. The molecule has 5 nitrogen and oxygen atoms in total. The van der Waals surface area contributed by atoms with Gasteiger partial charge in [-0.05, 0) is 38.5 Å².